The number of benzene rings is 2. The molecule has 152 valence electrons. The Kier molecular flexibility index (Phi) is 4.34. The summed E-state index contributed by atoms with van der Waals surface area (Å²) < 4.78 is 0. The highest BCUT2D eigenvalue weighted by atomic mass is 16.6. The van der Waals surface area contributed by atoms with Crippen LogP contribution in [0.4, 0.5) is 22.7 Å². The van der Waals surface area contributed by atoms with E-state index >= 15 is 0 Å². The van der Waals surface area contributed by atoms with Crippen molar-refractivity contribution in [3.8, 4) is 0 Å². The highest BCUT2D eigenvalue weighted by Gasteiger charge is 2.48. The van der Waals surface area contributed by atoms with Crippen molar-refractivity contribution in [2.24, 2.45) is 0 Å². The molecule has 0 saturated heterocycles. The fraction of sp³-hybridized carbons (Fsp3) is 0.125. The molecule has 0 fully saturated rings. The van der Waals surface area contributed by atoms with Gasteiger partial charge in [-0.1, -0.05) is 0 Å². The summed E-state index contributed by atoms with van der Waals surface area (Å²) in [6.07, 6.45) is 0. The van der Waals surface area contributed by atoms with Crippen LogP contribution in [0, 0.1) is 54.3 Å². The van der Waals surface area contributed by atoms with E-state index in [1.807, 2.05) is 0 Å². The standard InChI is InChI=1S/C16H8N4O10/c1-5-6(2)12(18(25)26)14(20(29)30)11-9(5)15(21)7-3-4-8(17(23)24)13(19(27)28)10(7)16(11)22/h3-4H,1-2H3. The Labute approximate surface area is 164 Å². The van der Waals surface area contributed by atoms with Crippen molar-refractivity contribution < 1.29 is 29.3 Å². The molecule has 1 aliphatic rings. The third-order valence-corrected chi connectivity index (χ3v) is 4.83. The molecule has 0 bridgehead atoms. The van der Waals surface area contributed by atoms with E-state index in [0.717, 1.165) is 13.0 Å². The lowest BCUT2D eigenvalue weighted by atomic mass is 9.78. The van der Waals surface area contributed by atoms with Crippen molar-refractivity contribution in [2.75, 3.05) is 0 Å². The molecule has 2 aromatic carbocycles. The fourth-order valence-electron chi connectivity index (χ4n) is 3.46. The molecule has 0 spiro atoms. The Morgan fingerprint density at radius 3 is 1.60 bits per heavy atom. The predicted molar refractivity (Wildman–Crippen MR) is 95.8 cm³/mol. The van der Waals surface area contributed by atoms with Gasteiger partial charge in [0.1, 0.15) is 11.1 Å². The molecule has 0 saturated carbocycles. The minimum absolute atomic E-state index is 0.0905. The number of carbonyl (C=O) groups excluding carboxylic acids is 2. The molecule has 2 aromatic rings. The molecule has 0 aliphatic heterocycles. The Morgan fingerprint density at radius 2 is 1.13 bits per heavy atom. The second-order valence-corrected chi connectivity index (χ2v) is 6.24. The van der Waals surface area contributed by atoms with Crippen LogP contribution in [0.1, 0.15) is 43.0 Å². The Morgan fingerprint density at radius 1 is 0.600 bits per heavy atom. The summed E-state index contributed by atoms with van der Waals surface area (Å²) >= 11 is 0. The normalized spacial score (nSPS) is 12.2. The number of nitrogens with zero attached hydrogens (tertiary/aromatic N) is 4. The summed E-state index contributed by atoms with van der Waals surface area (Å²) in [6.45, 7) is 2.40. The van der Waals surface area contributed by atoms with Gasteiger partial charge in [-0.3, -0.25) is 50.0 Å². The Bertz CT molecular complexity index is 1260. The highest BCUT2D eigenvalue weighted by molar-refractivity contribution is 6.32. The third kappa shape index (κ3) is 2.50. The lowest BCUT2D eigenvalue weighted by Crippen LogP contribution is -2.26. The highest BCUT2D eigenvalue weighted by Crippen LogP contribution is 2.46. The minimum atomic E-state index is -1.45. The van der Waals surface area contributed by atoms with Gasteiger partial charge in [0, 0.05) is 22.8 Å². The van der Waals surface area contributed by atoms with E-state index in [1.54, 1.807) is 0 Å². The summed E-state index contributed by atoms with van der Waals surface area (Å²) in [7, 11) is 0. The van der Waals surface area contributed by atoms with Crippen LogP contribution in [0.2, 0.25) is 0 Å². The van der Waals surface area contributed by atoms with E-state index in [-0.39, 0.29) is 11.1 Å². The van der Waals surface area contributed by atoms with E-state index in [1.165, 1.54) is 6.92 Å². The lowest BCUT2D eigenvalue weighted by Gasteiger charge is -2.20. The van der Waals surface area contributed by atoms with Gasteiger partial charge < -0.3 is 0 Å². The van der Waals surface area contributed by atoms with Gasteiger partial charge in [-0.2, -0.15) is 0 Å². The van der Waals surface area contributed by atoms with Gasteiger partial charge in [0.25, 0.3) is 0 Å². The molecule has 0 unspecified atom stereocenters. The zero-order valence-corrected chi connectivity index (χ0v) is 15.0. The molecular formula is C16H8N4O10. The van der Waals surface area contributed by atoms with Crippen LogP contribution in [0.3, 0.4) is 0 Å². The maximum Gasteiger partial charge on any atom is 0.358 e. The van der Waals surface area contributed by atoms with Crippen molar-refractivity contribution in [2.45, 2.75) is 13.8 Å². The molecule has 14 nitrogen and oxygen atoms in total. The van der Waals surface area contributed by atoms with Crippen molar-refractivity contribution in [1.29, 1.82) is 0 Å². The lowest BCUT2D eigenvalue weighted by molar-refractivity contribution is -0.423. The maximum atomic E-state index is 13.1. The summed E-state index contributed by atoms with van der Waals surface area (Å²) in [5.41, 5.74) is -8.19. The number of hydrogen-bond donors (Lipinski definition) is 0. The second-order valence-electron chi connectivity index (χ2n) is 6.24. The van der Waals surface area contributed by atoms with Crippen LogP contribution in [-0.4, -0.2) is 31.3 Å². The van der Waals surface area contributed by atoms with E-state index in [2.05, 4.69) is 0 Å². The molecule has 0 radical (unpaired) electrons. The smallest absolute Gasteiger partial charge is 0.289 e. The topological polar surface area (TPSA) is 207 Å². The fourth-order valence-corrected chi connectivity index (χ4v) is 3.46. The first kappa shape index (κ1) is 20.1. The molecule has 0 atom stereocenters. The molecule has 0 heterocycles. The van der Waals surface area contributed by atoms with Crippen LogP contribution in [0.5, 0.6) is 0 Å². The second kappa shape index (κ2) is 6.47. The first-order valence-corrected chi connectivity index (χ1v) is 7.92. The molecular weight excluding hydrogens is 408 g/mol. The van der Waals surface area contributed by atoms with E-state index < -0.39 is 76.3 Å². The maximum absolute atomic E-state index is 13.1. The van der Waals surface area contributed by atoms with Crippen LogP contribution in [0.15, 0.2) is 12.1 Å². The SMILES string of the molecule is Cc1c(C)c([N+](=O)[O-])c([N+](=O)[O-])c2c1C(=O)c1ccc([N+](=O)[O-])c([N+](=O)[O-])c1C2=O. The largest absolute Gasteiger partial charge is 0.358 e. The van der Waals surface area contributed by atoms with Crippen molar-refractivity contribution in [3.63, 3.8) is 0 Å². The number of rotatable bonds is 4. The number of fused-ring (bicyclic) bond motifs is 2. The number of hydrogen-bond acceptors (Lipinski definition) is 10. The third-order valence-electron chi connectivity index (χ3n) is 4.83. The van der Waals surface area contributed by atoms with Crippen LogP contribution in [-0.2, 0) is 0 Å². The summed E-state index contributed by atoms with van der Waals surface area (Å²) in [4.78, 5) is 67.1. The first-order chi connectivity index (χ1) is 13.9. The number of carbonyl (C=O) groups is 2. The monoisotopic (exact) mass is 416 g/mol. The van der Waals surface area contributed by atoms with Crippen LogP contribution < -0.4 is 0 Å². The van der Waals surface area contributed by atoms with Crippen molar-refractivity contribution >= 4 is 34.3 Å². The Balaban J connectivity index is 2.58. The van der Waals surface area contributed by atoms with E-state index in [4.69, 9.17) is 0 Å². The summed E-state index contributed by atoms with van der Waals surface area (Å²) in [6, 6.07) is 1.51. The quantitative estimate of drug-likeness (QED) is 0.448. The Hall–Kier alpha value is -4.62. The average Bonchev–Trinajstić information content (AvgIpc) is 2.65. The molecule has 0 aromatic heterocycles. The number of nitro groups is 4. The van der Waals surface area contributed by atoms with Crippen molar-refractivity contribution in [3.05, 3.63) is 86.0 Å². The van der Waals surface area contributed by atoms with Gasteiger partial charge >= 0.3 is 22.7 Å². The van der Waals surface area contributed by atoms with Crippen molar-refractivity contribution in [1.82, 2.24) is 0 Å². The first-order valence-electron chi connectivity index (χ1n) is 7.92. The van der Waals surface area contributed by atoms with Gasteiger partial charge in [-0.05, 0) is 25.5 Å². The zero-order valence-electron chi connectivity index (χ0n) is 15.0. The van der Waals surface area contributed by atoms with Gasteiger partial charge in [-0.25, -0.2) is 0 Å². The molecule has 1 aliphatic carbocycles. The van der Waals surface area contributed by atoms with Gasteiger partial charge in [0.05, 0.1) is 19.7 Å². The van der Waals surface area contributed by atoms with E-state index in [9.17, 15) is 50.0 Å². The molecule has 30 heavy (non-hydrogen) atoms. The summed E-state index contributed by atoms with van der Waals surface area (Å²) in [5, 5.41) is 45.7. The van der Waals surface area contributed by atoms with E-state index in [0.29, 0.717) is 6.07 Å². The molecule has 0 N–H and O–H groups in total. The molecule has 14 heteroatoms. The number of ketones is 2. The number of nitro benzene ring substituents is 4. The van der Waals surface area contributed by atoms with Crippen LogP contribution >= 0.6 is 0 Å². The van der Waals surface area contributed by atoms with Crippen LogP contribution in [0.25, 0.3) is 0 Å². The van der Waals surface area contributed by atoms with Gasteiger partial charge in [0.2, 0.25) is 5.78 Å². The molecule has 3 rings (SSSR count). The predicted octanol–water partition coefficient (Wildman–Crippen LogP) is 2.71. The van der Waals surface area contributed by atoms with Gasteiger partial charge in [-0.15, -0.1) is 0 Å². The molecule has 0 amide bonds. The van der Waals surface area contributed by atoms with Gasteiger partial charge in [0.15, 0.2) is 5.78 Å². The zero-order chi connectivity index (χ0) is 22.7. The average molecular weight is 416 g/mol. The summed E-state index contributed by atoms with van der Waals surface area (Å²) in [5.74, 6) is -2.50. The minimum Gasteiger partial charge on any atom is -0.289 e.